The van der Waals surface area contributed by atoms with Crippen molar-refractivity contribution in [3.63, 3.8) is 0 Å². The van der Waals surface area contributed by atoms with Gasteiger partial charge in [0.05, 0.1) is 17.1 Å². The van der Waals surface area contributed by atoms with Crippen molar-refractivity contribution in [2.24, 2.45) is 7.05 Å². The second kappa shape index (κ2) is 3.69. The standard InChI is InChI=1S/C9H16N4O/c1-6-8(7(2)13(5)11-6)10-9(14)12(3)4/h1-5H3,(H,10,14). The smallest absolute Gasteiger partial charge is 0.321 e. The van der Waals surface area contributed by atoms with Crippen LogP contribution in [0.1, 0.15) is 11.4 Å². The summed E-state index contributed by atoms with van der Waals surface area (Å²) in [7, 11) is 5.26. The summed E-state index contributed by atoms with van der Waals surface area (Å²) < 4.78 is 1.75. The number of aromatic nitrogens is 2. The van der Waals surface area contributed by atoms with Crippen LogP contribution < -0.4 is 5.32 Å². The molecule has 0 unspecified atom stereocenters. The monoisotopic (exact) mass is 196 g/mol. The molecule has 0 saturated carbocycles. The van der Waals surface area contributed by atoms with Crippen molar-refractivity contribution in [2.45, 2.75) is 13.8 Å². The molecule has 0 aromatic carbocycles. The minimum Gasteiger partial charge on any atom is -0.331 e. The van der Waals surface area contributed by atoms with Gasteiger partial charge in [0.1, 0.15) is 0 Å². The minimum absolute atomic E-state index is 0.135. The average Bonchev–Trinajstić information content (AvgIpc) is 2.32. The molecule has 0 radical (unpaired) electrons. The summed E-state index contributed by atoms with van der Waals surface area (Å²) in [6, 6.07) is -0.135. The number of carbonyl (C=O) groups excluding carboxylic acids is 1. The molecule has 1 heterocycles. The molecular formula is C9H16N4O. The summed E-state index contributed by atoms with van der Waals surface area (Å²) in [4.78, 5) is 12.9. The summed E-state index contributed by atoms with van der Waals surface area (Å²) in [6.07, 6.45) is 0. The molecule has 1 aromatic rings. The number of amides is 2. The topological polar surface area (TPSA) is 50.2 Å². The SMILES string of the molecule is Cc1nn(C)c(C)c1NC(=O)N(C)C. The first-order chi connectivity index (χ1) is 6.43. The maximum Gasteiger partial charge on any atom is 0.321 e. The summed E-state index contributed by atoms with van der Waals surface area (Å²) in [6.45, 7) is 3.80. The first kappa shape index (κ1) is 10.6. The van der Waals surface area contributed by atoms with Gasteiger partial charge in [-0.15, -0.1) is 0 Å². The van der Waals surface area contributed by atoms with Crippen molar-refractivity contribution < 1.29 is 4.79 Å². The van der Waals surface area contributed by atoms with Crippen molar-refractivity contribution in [1.82, 2.24) is 14.7 Å². The van der Waals surface area contributed by atoms with E-state index < -0.39 is 0 Å². The zero-order chi connectivity index (χ0) is 10.9. The lowest BCUT2D eigenvalue weighted by Crippen LogP contribution is -2.27. The van der Waals surface area contributed by atoms with Gasteiger partial charge in [-0.2, -0.15) is 5.10 Å². The molecule has 0 atom stereocenters. The highest BCUT2D eigenvalue weighted by molar-refractivity contribution is 5.90. The third-order valence-electron chi connectivity index (χ3n) is 2.15. The number of hydrogen-bond acceptors (Lipinski definition) is 2. The van der Waals surface area contributed by atoms with Crippen LogP contribution in [-0.4, -0.2) is 34.8 Å². The lowest BCUT2D eigenvalue weighted by atomic mass is 10.3. The Hall–Kier alpha value is -1.52. The fraction of sp³-hybridized carbons (Fsp3) is 0.556. The van der Waals surface area contributed by atoms with Crippen LogP contribution in [0.5, 0.6) is 0 Å². The third kappa shape index (κ3) is 1.86. The Balaban J connectivity index is 2.92. The van der Waals surface area contributed by atoms with E-state index in [9.17, 15) is 4.79 Å². The van der Waals surface area contributed by atoms with E-state index in [0.29, 0.717) is 0 Å². The molecule has 5 heteroatoms. The van der Waals surface area contributed by atoms with Crippen molar-refractivity contribution in [1.29, 1.82) is 0 Å². The van der Waals surface area contributed by atoms with Gasteiger partial charge in [0.25, 0.3) is 0 Å². The van der Waals surface area contributed by atoms with Gasteiger partial charge in [0.2, 0.25) is 0 Å². The Morgan fingerprint density at radius 3 is 2.36 bits per heavy atom. The van der Waals surface area contributed by atoms with Crippen molar-refractivity contribution in [3.8, 4) is 0 Å². The van der Waals surface area contributed by atoms with Gasteiger partial charge in [-0.25, -0.2) is 4.79 Å². The highest BCUT2D eigenvalue weighted by atomic mass is 16.2. The lowest BCUT2D eigenvalue weighted by Gasteiger charge is -2.11. The minimum atomic E-state index is -0.135. The lowest BCUT2D eigenvalue weighted by molar-refractivity contribution is 0.230. The van der Waals surface area contributed by atoms with E-state index in [2.05, 4.69) is 10.4 Å². The molecule has 1 rings (SSSR count). The highest BCUT2D eigenvalue weighted by Gasteiger charge is 2.12. The van der Waals surface area contributed by atoms with E-state index in [1.807, 2.05) is 20.9 Å². The Kier molecular flexibility index (Phi) is 2.78. The number of nitrogens with one attached hydrogen (secondary N) is 1. The van der Waals surface area contributed by atoms with E-state index in [-0.39, 0.29) is 6.03 Å². The maximum atomic E-state index is 11.4. The van der Waals surface area contributed by atoms with Gasteiger partial charge < -0.3 is 10.2 Å². The number of rotatable bonds is 1. The molecule has 1 N–H and O–H groups in total. The fourth-order valence-corrected chi connectivity index (χ4v) is 1.17. The molecule has 5 nitrogen and oxygen atoms in total. The van der Waals surface area contributed by atoms with Crippen LogP contribution in [0.3, 0.4) is 0 Å². The van der Waals surface area contributed by atoms with Crippen LogP contribution in [0, 0.1) is 13.8 Å². The number of aryl methyl sites for hydroxylation is 2. The second-order valence-corrected chi connectivity index (χ2v) is 3.49. The molecule has 0 saturated heterocycles. The number of anilines is 1. The van der Waals surface area contributed by atoms with Gasteiger partial charge in [0.15, 0.2) is 0 Å². The highest BCUT2D eigenvalue weighted by Crippen LogP contribution is 2.18. The fourth-order valence-electron chi connectivity index (χ4n) is 1.17. The van der Waals surface area contributed by atoms with Crippen molar-refractivity contribution in [3.05, 3.63) is 11.4 Å². The first-order valence-electron chi connectivity index (χ1n) is 4.42. The van der Waals surface area contributed by atoms with Gasteiger partial charge in [-0.3, -0.25) is 4.68 Å². The molecule has 0 bridgehead atoms. The van der Waals surface area contributed by atoms with E-state index in [4.69, 9.17) is 0 Å². The van der Waals surface area contributed by atoms with Crippen LogP contribution in [0.2, 0.25) is 0 Å². The van der Waals surface area contributed by atoms with Crippen molar-refractivity contribution >= 4 is 11.7 Å². The average molecular weight is 196 g/mol. The molecule has 0 aliphatic rings. The van der Waals surface area contributed by atoms with E-state index >= 15 is 0 Å². The van der Waals surface area contributed by atoms with E-state index in [0.717, 1.165) is 17.1 Å². The number of carbonyl (C=O) groups is 1. The molecule has 0 aliphatic carbocycles. The van der Waals surface area contributed by atoms with Crippen LogP contribution in [-0.2, 0) is 7.05 Å². The largest absolute Gasteiger partial charge is 0.331 e. The first-order valence-corrected chi connectivity index (χ1v) is 4.42. The molecule has 2 amide bonds. The number of hydrogen-bond donors (Lipinski definition) is 1. The predicted octanol–water partition coefficient (Wildman–Crippen LogP) is 1.13. The third-order valence-corrected chi connectivity index (χ3v) is 2.15. The normalized spacial score (nSPS) is 10.1. The molecular weight excluding hydrogens is 180 g/mol. The predicted molar refractivity (Wildman–Crippen MR) is 55.4 cm³/mol. The summed E-state index contributed by atoms with van der Waals surface area (Å²) in [5.41, 5.74) is 2.59. The van der Waals surface area contributed by atoms with Crippen LogP contribution in [0.4, 0.5) is 10.5 Å². The quantitative estimate of drug-likeness (QED) is 0.732. The summed E-state index contributed by atoms with van der Waals surface area (Å²) in [5.74, 6) is 0. The van der Waals surface area contributed by atoms with Crippen LogP contribution in [0.25, 0.3) is 0 Å². The van der Waals surface area contributed by atoms with Crippen LogP contribution >= 0.6 is 0 Å². The van der Waals surface area contributed by atoms with Gasteiger partial charge >= 0.3 is 6.03 Å². The second-order valence-electron chi connectivity index (χ2n) is 3.49. The summed E-state index contributed by atoms with van der Waals surface area (Å²) >= 11 is 0. The zero-order valence-electron chi connectivity index (χ0n) is 9.25. The Morgan fingerprint density at radius 2 is 2.00 bits per heavy atom. The van der Waals surface area contributed by atoms with Gasteiger partial charge in [0, 0.05) is 21.1 Å². The zero-order valence-corrected chi connectivity index (χ0v) is 9.25. The number of urea groups is 1. The Labute approximate surface area is 83.7 Å². The number of nitrogens with zero attached hydrogens (tertiary/aromatic N) is 3. The van der Waals surface area contributed by atoms with Crippen molar-refractivity contribution in [2.75, 3.05) is 19.4 Å². The van der Waals surface area contributed by atoms with Gasteiger partial charge in [-0.1, -0.05) is 0 Å². The summed E-state index contributed by atoms with van der Waals surface area (Å²) in [5, 5.41) is 7.01. The van der Waals surface area contributed by atoms with E-state index in [1.54, 1.807) is 18.8 Å². The molecule has 14 heavy (non-hydrogen) atoms. The molecule has 0 spiro atoms. The van der Waals surface area contributed by atoms with E-state index in [1.165, 1.54) is 4.90 Å². The molecule has 0 fully saturated rings. The van der Waals surface area contributed by atoms with Gasteiger partial charge in [-0.05, 0) is 13.8 Å². The maximum absolute atomic E-state index is 11.4. The Morgan fingerprint density at radius 1 is 1.43 bits per heavy atom. The molecule has 1 aromatic heterocycles. The molecule has 0 aliphatic heterocycles. The molecule has 78 valence electrons. The van der Waals surface area contributed by atoms with Crippen LogP contribution in [0.15, 0.2) is 0 Å². The Bertz CT molecular complexity index is 354.